The van der Waals surface area contributed by atoms with Crippen LogP contribution in [0.3, 0.4) is 0 Å². The Morgan fingerprint density at radius 2 is 1.54 bits per heavy atom. The summed E-state index contributed by atoms with van der Waals surface area (Å²) in [4.78, 5) is 8.56. The molecular weight excluding hydrogens is 184 g/mol. The van der Waals surface area contributed by atoms with Crippen molar-refractivity contribution >= 4 is 6.16 Å². The second-order valence-electron chi connectivity index (χ2n) is 2.26. The van der Waals surface area contributed by atoms with Crippen molar-refractivity contribution in [3.8, 4) is 0 Å². The predicted octanol–water partition coefficient (Wildman–Crippen LogP) is -1.70. The smallest absolute Gasteiger partial charge is 0.450 e. The molecule has 0 bridgehead atoms. The first-order chi connectivity index (χ1) is 5.82. The fraction of sp³-hybridized carbons (Fsp3) is 0.833. The third-order valence-electron chi connectivity index (χ3n) is 1.08. The summed E-state index contributed by atoms with van der Waals surface area (Å²) >= 11 is 0. The van der Waals surface area contributed by atoms with Gasteiger partial charge in [0.05, 0.1) is 12.7 Å². The molecule has 0 aromatic heterocycles. The summed E-state index contributed by atoms with van der Waals surface area (Å²) in [6, 6.07) is 0. The van der Waals surface area contributed by atoms with E-state index in [9.17, 15) is 0 Å². The number of aliphatic hydroxyl groups excluding tert-OH is 4. The monoisotopic (exact) mass is 198 g/mol. The Labute approximate surface area is 74.5 Å². The zero-order valence-corrected chi connectivity index (χ0v) is 7.03. The van der Waals surface area contributed by atoms with Crippen LogP contribution in [0.25, 0.3) is 0 Å². The number of hydrogen-bond donors (Lipinski definition) is 6. The molecule has 0 saturated heterocycles. The third kappa shape index (κ3) is 11.1. The average molecular weight is 198 g/mol. The third-order valence-corrected chi connectivity index (χ3v) is 1.08. The Morgan fingerprint density at radius 1 is 1.23 bits per heavy atom. The molecule has 6 N–H and O–H groups in total. The molecule has 3 unspecified atom stereocenters. The minimum Gasteiger partial charge on any atom is -0.450 e. The fourth-order valence-electron chi connectivity index (χ4n) is 0.429. The van der Waals surface area contributed by atoms with Crippen molar-refractivity contribution in [2.24, 2.45) is 0 Å². The van der Waals surface area contributed by atoms with Crippen molar-refractivity contribution < 1.29 is 35.4 Å². The van der Waals surface area contributed by atoms with Crippen molar-refractivity contribution in [1.82, 2.24) is 0 Å². The number of carbonyl (C=O) groups is 1. The minimum absolute atomic E-state index is 0.536. The highest BCUT2D eigenvalue weighted by molar-refractivity contribution is 5.53. The van der Waals surface area contributed by atoms with Gasteiger partial charge in [0.2, 0.25) is 0 Å². The summed E-state index contributed by atoms with van der Waals surface area (Å²) in [6.07, 6.45) is -5.34. The number of rotatable bonds is 3. The van der Waals surface area contributed by atoms with E-state index in [0.717, 1.165) is 0 Å². The summed E-state index contributed by atoms with van der Waals surface area (Å²) in [7, 11) is 0. The van der Waals surface area contributed by atoms with Gasteiger partial charge in [-0.1, -0.05) is 0 Å². The molecule has 7 nitrogen and oxygen atoms in total. The molecule has 0 spiro atoms. The largest absolute Gasteiger partial charge is 0.503 e. The molecule has 7 heteroatoms. The number of aliphatic hydroxyl groups is 4. The van der Waals surface area contributed by atoms with Gasteiger partial charge in [-0.05, 0) is 6.92 Å². The molecule has 0 heterocycles. The van der Waals surface area contributed by atoms with Crippen LogP contribution in [-0.4, -0.2) is 61.7 Å². The molecule has 0 saturated carbocycles. The predicted molar refractivity (Wildman–Crippen MR) is 41.4 cm³/mol. The van der Waals surface area contributed by atoms with Crippen molar-refractivity contribution in [3.63, 3.8) is 0 Å². The summed E-state index contributed by atoms with van der Waals surface area (Å²) in [6.45, 7) is 0.801. The number of hydrogen-bond acceptors (Lipinski definition) is 5. The van der Waals surface area contributed by atoms with Gasteiger partial charge in [-0.15, -0.1) is 0 Å². The fourth-order valence-corrected chi connectivity index (χ4v) is 0.429. The van der Waals surface area contributed by atoms with Gasteiger partial charge in [0.15, 0.2) is 0 Å². The van der Waals surface area contributed by atoms with Crippen LogP contribution in [0.1, 0.15) is 6.92 Å². The molecular formula is C6H14O7. The number of carboxylic acid groups (broad SMARTS) is 2. The van der Waals surface area contributed by atoms with E-state index in [-0.39, 0.29) is 0 Å². The Morgan fingerprint density at radius 3 is 1.62 bits per heavy atom. The Bertz CT molecular complexity index is 131. The average Bonchev–Trinajstić information content (AvgIpc) is 2.00. The molecule has 0 fully saturated rings. The highest BCUT2D eigenvalue weighted by atomic mass is 16.6. The lowest BCUT2D eigenvalue weighted by atomic mass is 10.1. The van der Waals surface area contributed by atoms with Gasteiger partial charge in [-0.25, -0.2) is 4.79 Å². The minimum atomic E-state index is -1.83. The van der Waals surface area contributed by atoms with Crippen molar-refractivity contribution in [3.05, 3.63) is 0 Å². The van der Waals surface area contributed by atoms with E-state index >= 15 is 0 Å². The maximum absolute atomic E-state index is 8.73. The zero-order chi connectivity index (χ0) is 11.0. The van der Waals surface area contributed by atoms with Crippen LogP contribution in [0, 0.1) is 0 Å². The van der Waals surface area contributed by atoms with Crippen LogP contribution in [0.4, 0.5) is 4.79 Å². The summed E-state index contributed by atoms with van der Waals surface area (Å²) in [5.74, 6) is 0. The van der Waals surface area contributed by atoms with E-state index in [4.69, 9.17) is 35.4 Å². The maximum atomic E-state index is 8.73. The molecule has 0 aliphatic carbocycles. The highest BCUT2D eigenvalue weighted by Gasteiger charge is 2.19. The quantitative estimate of drug-likeness (QED) is 0.318. The summed E-state index contributed by atoms with van der Waals surface area (Å²) in [5, 5.41) is 48.2. The van der Waals surface area contributed by atoms with Crippen molar-refractivity contribution in [1.29, 1.82) is 0 Å². The first kappa shape index (κ1) is 14.6. The topological polar surface area (TPSA) is 138 Å². The normalized spacial score (nSPS) is 16.4. The van der Waals surface area contributed by atoms with E-state index in [1.807, 2.05) is 0 Å². The molecule has 0 radical (unpaired) electrons. The van der Waals surface area contributed by atoms with E-state index < -0.39 is 31.1 Å². The summed E-state index contributed by atoms with van der Waals surface area (Å²) in [5.41, 5.74) is 0. The Balaban J connectivity index is 0. The summed E-state index contributed by atoms with van der Waals surface area (Å²) < 4.78 is 0. The lowest BCUT2D eigenvalue weighted by Crippen LogP contribution is -2.37. The van der Waals surface area contributed by atoms with Gasteiger partial charge in [0, 0.05) is 0 Å². The Hall–Kier alpha value is -0.890. The molecule has 0 aromatic rings. The molecule has 0 aromatic carbocycles. The maximum Gasteiger partial charge on any atom is 0.503 e. The first-order valence-electron chi connectivity index (χ1n) is 3.39. The van der Waals surface area contributed by atoms with Crippen LogP contribution < -0.4 is 0 Å². The van der Waals surface area contributed by atoms with E-state index in [2.05, 4.69) is 0 Å². The van der Waals surface area contributed by atoms with E-state index in [1.54, 1.807) is 0 Å². The lowest BCUT2D eigenvalue weighted by molar-refractivity contribution is -0.0698. The molecule has 80 valence electrons. The second-order valence-corrected chi connectivity index (χ2v) is 2.26. The van der Waals surface area contributed by atoms with Gasteiger partial charge >= 0.3 is 6.16 Å². The van der Waals surface area contributed by atoms with Gasteiger partial charge in [-0.3, -0.25) is 0 Å². The SMILES string of the molecule is CC(O)C(O)C(O)CO.O=C(O)O. The first-order valence-corrected chi connectivity index (χ1v) is 3.39. The van der Waals surface area contributed by atoms with Crippen LogP contribution in [0.2, 0.25) is 0 Å². The molecule has 3 atom stereocenters. The molecule has 0 amide bonds. The van der Waals surface area contributed by atoms with Gasteiger partial charge < -0.3 is 30.6 Å². The van der Waals surface area contributed by atoms with Crippen LogP contribution in [0.5, 0.6) is 0 Å². The lowest BCUT2D eigenvalue weighted by Gasteiger charge is -2.17. The van der Waals surface area contributed by atoms with E-state index in [1.165, 1.54) is 6.92 Å². The Kier molecular flexibility index (Phi) is 8.71. The van der Waals surface area contributed by atoms with Crippen LogP contribution in [0.15, 0.2) is 0 Å². The van der Waals surface area contributed by atoms with Gasteiger partial charge in [-0.2, -0.15) is 0 Å². The molecule has 0 aliphatic heterocycles. The van der Waals surface area contributed by atoms with Crippen LogP contribution >= 0.6 is 0 Å². The van der Waals surface area contributed by atoms with Crippen LogP contribution in [-0.2, 0) is 0 Å². The van der Waals surface area contributed by atoms with Crippen molar-refractivity contribution in [2.75, 3.05) is 6.61 Å². The highest BCUT2D eigenvalue weighted by Crippen LogP contribution is 1.97. The zero-order valence-electron chi connectivity index (χ0n) is 7.03. The van der Waals surface area contributed by atoms with Gasteiger partial charge in [0.25, 0.3) is 0 Å². The molecule has 0 aliphatic rings. The van der Waals surface area contributed by atoms with Crippen molar-refractivity contribution in [2.45, 2.75) is 25.2 Å². The standard InChI is InChI=1S/C5H12O4.CH2O3/c1-3(7)5(9)4(8)2-6;2-1(3)4/h3-9H,2H2,1H3;(H2,2,3,4). The second kappa shape index (κ2) is 7.74. The van der Waals surface area contributed by atoms with Gasteiger partial charge in [0.1, 0.15) is 12.2 Å². The van der Waals surface area contributed by atoms with E-state index in [0.29, 0.717) is 0 Å². The molecule has 13 heavy (non-hydrogen) atoms. The molecule has 0 rings (SSSR count).